The highest BCUT2D eigenvalue weighted by Gasteiger charge is 2.35. The molecule has 2 aromatic rings. The number of rotatable bonds is 3. The molecule has 2 heterocycles. The van der Waals surface area contributed by atoms with Crippen LogP contribution in [0.1, 0.15) is 15.7 Å². The fourth-order valence-electron chi connectivity index (χ4n) is 1.06. The maximum absolute atomic E-state index is 12.2. The topological polar surface area (TPSA) is 50.7 Å². The summed E-state index contributed by atoms with van der Waals surface area (Å²) in [5, 5.41) is 11.2. The molecule has 2 rings (SSSR count). The molecule has 0 aliphatic heterocycles. The second kappa shape index (κ2) is 4.57. The number of thiazole rings is 1. The van der Waals surface area contributed by atoms with Crippen LogP contribution in [0.2, 0.25) is 0 Å². The third-order valence-corrected chi connectivity index (χ3v) is 3.50. The normalized spacial score (nSPS) is 11.8. The molecule has 0 spiro atoms. The second-order valence-electron chi connectivity index (χ2n) is 3.12. The number of nitrogens with one attached hydrogen (secondary N) is 1. The van der Waals surface area contributed by atoms with Crippen molar-refractivity contribution in [1.29, 1.82) is 0 Å². The number of hydrogen-bond donors (Lipinski definition) is 1. The summed E-state index contributed by atoms with van der Waals surface area (Å²) in [6.07, 6.45) is -4.44. The van der Waals surface area contributed by atoms with Crippen molar-refractivity contribution < 1.29 is 13.2 Å². The molecule has 0 unspecified atom stereocenters. The van der Waals surface area contributed by atoms with E-state index in [2.05, 4.69) is 20.5 Å². The van der Waals surface area contributed by atoms with Gasteiger partial charge in [0.05, 0.1) is 17.2 Å². The van der Waals surface area contributed by atoms with E-state index in [0.717, 1.165) is 10.7 Å². The summed E-state index contributed by atoms with van der Waals surface area (Å²) in [5.41, 5.74) is 0.774. The number of alkyl halides is 3. The van der Waals surface area contributed by atoms with Crippen LogP contribution in [0, 0.1) is 6.92 Å². The molecule has 92 valence electrons. The van der Waals surface area contributed by atoms with Gasteiger partial charge in [-0.05, 0) is 6.92 Å². The van der Waals surface area contributed by atoms with Gasteiger partial charge in [-0.2, -0.15) is 13.2 Å². The van der Waals surface area contributed by atoms with Gasteiger partial charge in [0.25, 0.3) is 0 Å². The van der Waals surface area contributed by atoms with Gasteiger partial charge >= 0.3 is 6.18 Å². The van der Waals surface area contributed by atoms with Crippen LogP contribution in [-0.4, -0.2) is 15.2 Å². The molecule has 2 aromatic heterocycles. The van der Waals surface area contributed by atoms with Crippen LogP contribution in [0.25, 0.3) is 0 Å². The highest BCUT2D eigenvalue weighted by atomic mass is 32.1. The van der Waals surface area contributed by atoms with E-state index >= 15 is 0 Å². The molecule has 0 amide bonds. The van der Waals surface area contributed by atoms with Gasteiger partial charge in [0, 0.05) is 5.38 Å². The van der Waals surface area contributed by atoms with Crippen LogP contribution in [0.3, 0.4) is 0 Å². The van der Waals surface area contributed by atoms with E-state index in [0.29, 0.717) is 17.9 Å². The Morgan fingerprint density at radius 3 is 2.65 bits per heavy atom. The van der Waals surface area contributed by atoms with Gasteiger partial charge in [0.2, 0.25) is 10.1 Å². The lowest BCUT2D eigenvalue weighted by molar-refractivity contribution is -0.138. The second-order valence-corrected chi connectivity index (χ2v) is 5.16. The van der Waals surface area contributed by atoms with Crippen LogP contribution < -0.4 is 5.32 Å². The summed E-state index contributed by atoms with van der Waals surface area (Å²) in [4.78, 5) is 4.17. The molecule has 17 heavy (non-hydrogen) atoms. The first-order valence-electron chi connectivity index (χ1n) is 4.51. The van der Waals surface area contributed by atoms with Crippen molar-refractivity contribution in [1.82, 2.24) is 15.2 Å². The van der Waals surface area contributed by atoms with Gasteiger partial charge in [0.1, 0.15) is 0 Å². The van der Waals surface area contributed by atoms with Crippen molar-refractivity contribution in [2.24, 2.45) is 0 Å². The number of hydrogen-bond acceptors (Lipinski definition) is 6. The lowest BCUT2D eigenvalue weighted by atomic mass is 10.5. The van der Waals surface area contributed by atoms with E-state index in [9.17, 15) is 13.2 Å². The molecular formula is C8H7F3N4S2. The van der Waals surface area contributed by atoms with Gasteiger partial charge in [-0.25, -0.2) is 4.98 Å². The molecule has 0 aliphatic carbocycles. The average molecular weight is 280 g/mol. The summed E-state index contributed by atoms with van der Waals surface area (Å²) < 4.78 is 36.7. The Morgan fingerprint density at radius 1 is 1.35 bits per heavy atom. The smallest absolute Gasteiger partial charge is 0.354 e. The third-order valence-electron chi connectivity index (χ3n) is 1.75. The van der Waals surface area contributed by atoms with E-state index in [1.54, 1.807) is 0 Å². The first-order chi connectivity index (χ1) is 7.95. The lowest BCUT2D eigenvalue weighted by Crippen LogP contribution is -2.03. The molecule has 1 N–H and O–H groups in total. The predicted molar refractivity (Wildman–Crippen MR) is 59.1 cm³/mol. The predicted octanol–water partition coefficient (Wildman–Crippen LogP) is 2.93. The summed E-state index contributed by atoms with van der Waals surface area (Å²) in [7, 11) is 0. The molecule has 0 aromatic carbocycles. The molecule has 0 atom stereocenters. The van der Waals surface area contributed by atoms with Gasteiger partial charge < -0.3 is 5.32 Å². The maximum Gasteiger partial charge on any atom is 0.445 e. The van der Waals surface area contributed by atoms with Gasteiger partial charge in [-0.15, -0.1) is 21.5 Å². The molecule has 0 saturated heterocycles. The van der Waals surface area contributed by atoms with E-state index in [4.69, 9.17) is 0 Å². The number of halogens is 3. The fourth-order valence-corrected chi connectivity index (χ4v) is 2.28. The number of aromatic nitrogens is 3. The van der Waals surface area contributed by atoms with Crippen molar-refractivity contribution in [3.05, 3.63) is 21.1 Å². The highest BCUT2D eigenvalue weighted by molar-refractivity contribution is 7.15. The minimum Gasteiger partial charge on any atom is -0.354 e. The first kappa shape index (κ1) is 12.2. The van der Waals surface area contributed by atoms with E-state index in [1.165, 1.54) is 11.3 Å². The Balaban J connectivity index is 1.98. The van der Waals surface area contributed by atoms with Gasteiger partial charge in [-0.1, -0.05) is 11.3 Å². The Kier molecular flexibility index (Phi) is 3.29. The summed E-state index contributed by atoms with van der Waals surface area (Å²) in [6, 6.07) is 0. The summed E-state index contributed by atoms with van der Waals surface area (Å²) in [6.45, 7) is 2.21. The van der Waals surface area contributed by atoms with Crippen molar-refractivity contribution >= 4 is 27.8 Å². The Hall–Kier alpha value is -1.22. The molecular weight excluding hydrogens is 273 g/mol. The number of nitrogens with zero attached hydrogens (tertiary/aromatic N) is 3. The number of aryl methyl sites for hydroxylation is 1. The first-order valence-corrected chi connectivity index (χ1v) is 6.20. The quantitative estimate of drug-likeness (QED) is 0.939. The molecule has 0 radical (unpaired) electrons. The van der Waals surface area contributed by atoms with Crippen molar-refractivity contribution in [2.75, 3.05) is 5.32 Å². The Bertz CT molecular complexity index is 505. The molecule has 0 saturated carbocycles. The minimum absolute atomic E-state index is 0.142. The van der Waals surface area contributed by atoms with Crippen LogP contribution in [0.5, 0.6) is 0 Å². The van der Waals surface area contributed by atoms with E-state index in [1.807, 2.05) is 12.3 Å². The van der Waals surface area contributed by atoms with Crippen LogP contribution in [0.4, 0.5) is 18.3 Å². The van der Waals surface area contributed by atoms with Crippen molar-refractivity contribution in [2.45, 2.75) is 19.6 Å². The minimum atomic E-state index is -4.44. The standard InChI is InChI=1S/C8H7F3N4S2/c1-4-13-5(3-16-4)2-12-7-15-14-6(17-7)8(9,10)11/h3H,2H2,1H3,(H,12,15). The van der Waals surface area contributed by atoms with Crippen LogP contribution >= 0.6 is 22.7 Å². The summed E-state index contributed by atoms with van der Waals surface area (Å²) >= 11 is 1.97. The zero-order chi connectivity index (χ0) is 12.5. The molecule has 9 heteroatoms. The third kappa shape index (κ3) is 3.13. The fraction of sp³-hybridized carbons (Fsp3) is 0.375. The SMILES string of the molecule is Cc1nc(CNc2nnc(C(F)(F)F)s2)cs1. The van der Waals surface area contributed by atoms with E-state index in [-0.39, 0.29) is 5.13 Å². The largest absolute Gasteiger partial charge is 0.445 e. The number of anilines is 1. The summed E-state index contributed by atoms with van der Waals surface area (Å²) in [5.74, 6) is 0. The molecule has 0 aliphatic rings. The van der Waals surface area contributed by atoms with Crippen LogP contribution in [-0.2, 0) is 12.7 Å². The van der Waals surface area contributed by atoms with Crippen molar-refractivity contribution in [3.8, 4) is 0 Å². The molecule has 0 fully saturated rings. The zero-order valence-electron chi connectivity index (χ0n) is 8.58. The van der Waals surface area contributed by atoms with Crippen molar-refractivity contribution in [3.63, 3.8) is 0 Å². The van der Waals surface area contributed by atoms with Gasteiger partial charge in [-0.3, -0.25) is 0 Å². The molecule has 4 nitrogen and oxygen atoms in total. The van der Waals surface area contributed by atoms with Gasteiger partial charge in [0.15, 0.2) is 0 Å². The Labute approximate surface area is 103 Å². The van der Waals surface area contributed by atoms with Crippen LogP contribution in [0.15, 0.2) is 5.38 Å². The zero-order valence-corrected chi connectivity index (χ0v) is 10.2. The lowest BCUT2D eigenvalue weighted by Gasteiger charge is -1.98. The monoisotopic (exact) mass is 280 g/mol. The Morgan fingerprint density at radius 2 is 2.12 bits per heavy atom. The highest BCUT2D eigenvalue weighted by Crippen LogP contribution is 2.33. The van der Waals surface area contributed by atoms with E-state index < -0.39 is 11.2 Å². The average Bonchev–Trinajstić information content (AvgIpc) is 2.82. The molecule has 0 bridgehead atoms. The maximum atomic E-state index is 12.2.